The average Bonchev–Trinajstić information content (AvgIpc) is 2.19. The van der Waals surface area contributed by atoms with Gasteiger partial charge in [-0.05, 0) is 28.8 Å². The SMILES string of the molecule is Brc1ncc(C2CC(Br)CCO2)cn1. The number of nitrogens with zero attached hydrogens (tertiary/aromatic N) is 2. The lowest BCUT2D eigenvalue weighted by atomic mass is 10.0. The van der Waals surface area contributed by atoms with E-state index in [2.05, 4.69) is 41.8 Å². The van der Waals surface area contributed by atoms with E-state index in [1.54, 1.807) is 0 Å². The van der Waals surface area contributed by atoms with Gasteiger partial charge in [0.15, 0.2) is 4.73 Å². The molecule has 1 fully saturated rings. The molecular weight excluding hydrogens is 312 g/mol. The smallest absolute Gasteiger partial charge is 0.196 e. The van der Waals surface area contributed by atoms with Crippen molar-refractivity contribution in [1.29, 1.82) is 0 Å². The van der Waals surface area contributed by atoms with Crippen molar-refractivity contribution in [3.8, 4) is 0 Å². The third kappa shape index (κ3) is 2.52. The molecule has 0 saturated carbocycles. The maximum Gasteiger partial charge on any atom is 0.196 e. The van der Waals surface area contributed by atoms with Crippen molar-refractivity contribution < 1.29 is 4.74 Å². The van der Waals surface area contributed by atoms with Crippen molar-refractivity contribution in [2.75, 3.05) is 6.61 Å². The number of hydrogen-bond donors (Lipinski definition) is 0. The summed E-state index contributed by atoms with van der Waals surface area (Å²) >= 11 is 6.82. The monoisotopic (exact) mass is 320 g/mol. The molecule has 2 rings (SSSR count). The van der Waals surface area contributed by atoms with E-state index < -0.39 is 0 Å². The summed E-state index contributed by atoms with van der Waals surface area (Å²) in [6.07, 6.45) is 5.83. The molecule has 3 nitrogen and oxygen atoms in total. The zero-order valence-electron chi connectivity index (χ0n) is 7.49. The topological polar surface area (TPSA) is 35.0 Å². The van der Waals surface area contributed by atoms with Gasteiger partial charge in [0.1, 0.15) is 0 Å². The molecule has 2 heterocycles. The van der Waals surface area contributed by atoms with Crippen molar-refractivity contribution in [1.82, 2.24) is 9.97 Å². The summed E-state index contributed by atoms with van der Waals surface area (Å²) in [5.74, 6) is 0. The van der Waals surface area contributed by atoms with Crippen LogP contribution in [0.3, 0.4) is 0 Å². The lowest BCUT2D eigenvalue weighted by Gasteiger charge is -2.26. The molecule has 1 aliphatic rings. The van der Waals surface area contributed by atoms with Crippen molar-refractivity contribution in [3.63, 3.8) is 0 Å². The second-order valence-corrected chi connectivity index (χ2v) is 5.27. The molecule has 14 heavy (non-hydrogen) atoms. The Labute approximate surface area is 99.5 Å². The second-order valence-electron chi connectivity index (χ2n) is 3.27. The minimum atomic E-state index is 0.140. The van der Waals surface area contributed by atoms with Crippen LogP contribution in [0.15, 0.2) is 17.1 Å². The Balaban J connectivity index is 2.10. The van der Waals surface area contributed by atoms with E-state index in [4.69, 9.17) is 4.74 Å². The minimum absolute atomic E-state index is 0.140. The van der Waals surface area contributed by atoms with Gasteiger partial charge in [0.25, 0.3) is 0 Å². The van der Waals surface area contributed by atoms with Crippen molar-refractivity contribution in [3.05, 3.63) is 22.7 Å². The predicted octanol–water partition coefficient (Wildman–Crippen LogP) is 2.85. The van der Waals surface area contributed by atoms with Crippen molar-refractivity contribution in [2.24, 2.45) is 0 Å². The largest absolute Gasteiger partial charge is 0.373 e. The molecule has 0 aromatic carbocycles. The van der Waals surface area contributed by atoms with Crippen molar-refractivity contribution in [2.45, 2.75) is 23.8 Å². The molecule has 76 valence electrons. The summed E-state index contributed by atoms with van der Waals surface area (Å²) in [6.45, 7) is 0.802. The Bertz CT molecular complexity index is 304. The summed E-state index contributed by atoms with van der Waals surface area (Å²) < 4.78 is 6.27. The lowest BCUT2D eigenvalue weighted by molar-refractivity contribution is 0.0183. The van der Waals surface area contributed by atoms with Crippen LogP contribution in [-0.2, 0) is 4.74 Å². The minimum Gasteiger partial charge on any atom is -0.373 e. The van der Waals surface area contributed by atoms with Gasteiger partial charge < -0.3 is 4.74 Å². The number of alkyl halides is 1. The van der Waals surface area contributed by atoms with Crippen LogP contribution in [0.4, 0.5) is 0 Å². The summed E-state index contributed by atoms with van der Waals surface area (Å²) in [5.41, 5.74) is 1.05. The number of rotatable bonds is 1. The van der Waals surface area contributed by atoms with Gasteiger partial charge in [0, 0.05) is 29.4 Å². The highest BCUT2D eigenvalue weighted by Gasteiger charge is 2.22. The average molecular weight is 322 g/mol. The van der Waals surface area contributed by atoms with E-state index >= 15 is 0 Å². The normalized spacial score (nSPS) is 27.6. The van der Waals surface area contributed by atoms with Crippen LogP contribution in [0.2, 0.25) is 0 Å². The molecule has 0 amide bonds. The Morgan fingerprint density at radius 2 is 2.07 bits per heavy atom. The molecule has 1 aromatic heterocycles. The van der Waals surface area contributed by atoms with Crippen LogP contribution < -0.4 is 0 Å². The highest BCUT2D eigenvalue weighted by molar-refractivity contribution is 9.10. The molecule has 0 spiro atoms. The first-order valence-electron chi connectivity index (χ1n) is 4.49. The van der Waals surface area contributed by atoms with E-state index in [1.165, 1.54) is 0 Å². The van der Waals surface area contributed by atoms with Gasteiger partial charge in [0.2, 0.25) is 0 Å². The van der Waals surface area contributed by atoms with Gasteiger partial charge in [0.05, 0.1) is 6.10 Å². The van der Waals surface area contributed by atoms with Crippen LogP contribution in [0.1, 0.15) is 24.5 Å². The summed E-state index contributed by atoms with van der Waals surface area (Å²) in [5, 5.41) is 0. The molecule has 5 heteroatoms. The van der Waals surface area contributed by atoms with Gasteiger partial charge >= 0.3 is 0 Å². The van der Waals surface area contributed by atoms with Crippen LogP contribution in [0.25, 0.3) is 0 Å². The third-order valence-electron chi connectivity index (χ3n) is 2.23. The molecule has 1 saturated heterocycles. The second kappa shape index (κ2) is 4.68. The maximum absolute atomic E-state index is 5.65. The molecule has 2 unspecified atom stereocenters. The van der Waals surface area contributed by atoms with E-state index in [0.29, 0.717) is 9.56 Å². The molecule has 0 aliphatic carbocycles. The number of hydrogen-bond acceptors (Lipinski definition) is 3. The maximum atomic E-state index is 5.65. The summed E-state index contributed by atoms with van der Waals surface area (Å²) in [4.78, 5) is 8.73. The van der Waals surface area contributed by atoms with E-state index in [9.17, 15) is 0 Å². The van der Waals surface area contributed by atoms with Gasteiger partial charge in [-0.1, -0.05) is 15.9 Å². The first-order chi connectivity index (χ1) is 6.75. The zero-order chi connectivity index (χ0) is 9.97. The summed E-state index contributed by atoms with van der Waals surface area (Å²) in [6, 6.07) is 0. The van der Waals surface area contributed by atoms with Crippen LogP contribution in [0, 0.1) is 0 Å². The Kier molecular flexibility index (Phi) is 3.52. The number of halogens is 2. The molecule has 2 atom stereocenters. The third-order valence-corrected chi connectivity index (χ3v) is 3.47. The van der Waals surface area contributed by atoms with Gasteiger partial charge in [-0.2, -0.15) is 0 Å². The standard InChI is InChI=1S/C9H10Br2N2O/c10-7-1-2-14-8(3-7)6-4-12-9(11)13-5-6/h4-5,7-8H,1-3H2. The van der Waals surface area contributed by atoms with E-state index in [-0.39, 0.29) is 6.10 Å². The fraction of sp³-hybridized carbons (Fsp3) is 0.556. The Hall–Kier alpha value is -0.0000000000000000555. The lowest BCUT2D eigenvalue weighted by Crippen LogP contribution is -2.19. The Morgan fingerprint density at radius 1 is 1.36 bits per heavy atom. The molecule has 1 aromatic rings. The van der Waals surface area contributed by atoms with Crippen molar-refractivity contribution >= 4 is 31.9 Å². The first-order valence-corrected chi connectivity index (χ1v) is 6.19. The van der Waals surface area contributed by atoms with E-state index in [1.807, 2.05) is 12.4 Å². The highest BCUT2D eigenvalue weighted by Crippen LogP contribution is 2.30. The summed E-state index contributed by atoms with van der Waals surface area (Å²) in [7, 11) is 0. The van der Waals surface area contributed by atoms with Crippen LogP contribution in [-0.4, -0.2) is 21.4 Å². The van der Waals surface area contributed by atoms with Crippen LogP contribution in [0.5, 0.6) is 0 Å². The zero-order valence-corrected chi connectivity index (χ0v) is 10.7. The Morgan fingerprint density at radius 3 is 2.71 bits per heavy atom. The number of aromatic nitrogens is 2. The fourth-order valence-corrected chi connectivity index (χ4v) is 2.21. The highest BCUT2D eigenvalue weighted by atomic mass is 79.9. The van der Waals surface area contributed by atoms with Crippen LogP contribution >= 0.6 is 31.9 Å². The molecule has 1 aliphatic heterocycles. The first kappa shape index (κ1) is 10.5. The molecule has 0 radical (unpaired) electrons. The van der Waals surface area contributed by atoms with Gasteiger partial charge in [-0.25, -0.2) is 9.97 Å². The number of ether oxygens (including phenoxy) is 1. The molecule has 0 N–H and O–H groups in total. The fourth-order valence-electron chi connectivity index (χ4n) is 1.48. The molecular formula is C9H10Br2N2O. The van der Waals surface area contributed by atoms with E-state index in [0.717, 1.165) is 25.0 Å². The molecule has 0 bridgehead atoms. The van der Waals surface area contributed by atoms with Gasteiger partial charge in [-0.3, -0.25) is 0 Å². The quantitative estimate of drug-likeness (QED) is 0.589. The predicted molar refractivity (Wildman–Crippen MR) is 60.4 cm³/mol. The van der Waals surface area contributed by atoms with Gasteiger partial charge in [-0.15, -0.1) is 0 Å².